The van der Waals surface area contributed by atoms with Crippen LogP contribution in [0.5, 0.6) is 0 Å². The van der Waals surface area contributed by atoms with Gasteiger partial charge in [-0.1, -0.05) is 25.0 Å². The first kappa shape index (κ1) is 27.9. The standard InChI is InChI=1S/C32H38FN5O2S/c1-36-22-31(18-35-36)41(39,40)30-11-9-29(10-12-30)38-20-24(21-38)19-37-15-13-26(14-16-37)32(23-34,25-5-2-3-6-25)27-7-4-8-28(33)17-27/h4,7-12,17-18,22,24-26H,2-3,5-6,13-16,19-21H2,1H3/t32-/m0/s1. The molecule has 1 aromatic heterocycles. The van der Waals surface area contributed by atoms with Gasteiger partial charge in [0, 0.05) is 44.5 Å². The van der Waals surface area contributed by atoms with Gasteiger partial charge in [0.1, 0.15) is 10.7 Å². The molecule has 1 aliphatic carbocycles. The van der Waals surface area contributed by atoms with Crippen LogP contribution in [0.1, 0.15) is 44.1 Å². The van der Waals surface area contributed by atoms with E-state index >= 15 is 0 Å². The highest BCUT2D eigenvalue weighted by molar-refractivity contribution is 7.91. The fraction of sp³-hybridized carbons (Fsp3) is 0.500. The van der Waals surface area contributed by atoms with Crippen molar-refractivity contribution in [3.63, 3.8) is 0 Å². The summed E-state index contributed by atoms with van der Waals surface area (Å²) in [5.74, 6) is 0.853. The van der Waals surface area contributed by atoms with Crippen LogP contribution in [-0.2, 0) is 22.3 Å². The van der Waals surface area contributed by atoms with Crippen LogP contribution in [-0.4, -0.2) is 55.8 Å². The lowest BCUT2D eigenvalue weighted by molar-refractivity contribution is 0.103. The summed E-state index contributed by atoms with van der Waals surface area (Å²) >= 11 is 0. The van der Waals surface area contributed by atoms with E-state index < -0.39 is 15.3 Å². The third-order valence-electron chi connectivity index (χ3n) is 9.70. The molecule has 1 atom stereocenters. The van der Waals surface area contributed by atoms with Gasteiger partial charge in [-0.05, 0) is 92.6 Å². The number of benzene rings is 2. The highest BCUT2D eigenvalue weighted by Gasteiger charge is 2.49. The Bertz CT molecular complexity index is 1510. The van der Waals surface area contributed by atoms with Crippen LogP contribution in [0.25, 0.3) is 0 Å². The molecule has 3 aliphatic rings. The first-order valence-electron chi connectivity index (χ1n) is 14.8. The molecule has 0 amide bonds. The van der Waals surface area contributed by atoms with Gasteiger partial charge in [0.15, 0.2) is 0 Å². The van der Waals surface area contributed by atoms with Gasteiger partial charge in [0.05, 0.1) is 22.6 Å². The molecule has 2 aliphatic heterocycles. The second-order valence-electron chi connectivity index (χ2n) is 12.2. The topological polar surface area (TPSA) is 82.2 Å². The summed E-state index contributed by atoms with van der Waals surface area (Å²) in [5, 5.41) is 14.6. The molecule has 0 N–H and O–H groups in total. The summed E-state index contributed by atoms with van der Waals surface area (Å²) in [6.45, 7) is 4.85. The number of rotatable bonds is 8. The zero-order valence-corrected chi connectivity index (χ0v) is 24.4. The number of piperidine rings is 1. The Kier molecular flexibility index (Phi) is 7.64. The first-order valence-corrected chi connectivity index (χ1v) is 16.3. The predicted octanol–water partition coefficient (Wildman–Crippen LogP) is 5.19. The van der Waals surface area contributed by atoms with Crippen molar-refractivity contribution in [3.05, 3.63) is 72.3 Å². The number of nitriles is 1. The normalized spacial score (nSPS) is 21.0. The summed E-state index contributed by atoms with van der Waals surface area (Å²) < 4.78 is 41.5. The molecule has 9 heteroatoms. The number of hydrogen-bond donors (Lipinski definition) is 0. The maximum Gasteiger partial charge on any atom is 0.209 e. The fourth-order valence-corrected chi connectivity index (χ4v) is 8.76. The number of anilines is 1. The second kappa shape index (κ2) is 11.2. The number of halogens is 1. The quantitative estimate of drug-likeness (QED) is 0.368. The Labute approximate surface area is 242 Å². The Morgan fingerprint density at radius 2 is 1.68 bits per heavy atom. The van der Waals surface area contributed by atoms with Gasteiger partial charge in [-0.25, -0.2) is 12.8 Å². The highest BCUT2D eigenvalue weighted by atomic mass is 32.2. The molecule has 216 valence electrons. The average Bonchev–Trinajstić information content (AvgIpc) is 3.65. The van der Waals surface area contributed by atoms with Gasteiger partial charge in [0.2, 0.25) is 9.84 Å². The van der Waals surface area contributed by atoms with Crippen molar-refractivity contribution in [1.82, 2.24) is 14.7 Å². The molecule has 0 bridgehead atoms. The lowest BCUT2D eigenvalue weighted by Crippen LogP contribution is -2.53. The summed E-state index contributed by atoms with van der Waals surface area (Å²) in [5.41, 5.74) is 1.31. The van der Waals surface area contributed by atoms with E-state index in [1.54, 1.807) is 31.3 Å². The van der Waals surface area contributed by atoms with E-state index in [1.165, 1.54) is 23.1 Å². The summed E-state index contributed by atoms with van der Waals surface area (Å²) in [6, 6.07) is 16.7. The molecule has 2 aromatic carbocycles. The number of nitrogens with zero attached hydrogens (tertiary/aromatic N) is 5. The van der Waals surface area contributed by atoms with Crippen molar-refractivity contribution >= 4 is 15.5 Å². The van der Waals surface area contributed by atoms with Gasteiger partial charge < -0.3 is 9.80 Å². The van der Waals surface area contributed by atoms with Gasteiger partial charge in [-0.3, -0.25) is 4.68 Å². The van der Waals surface area contributed by atoms with E-state index in [0.717, 1.165) is 82.5 Å². The van der Waals surface area contributed by atoms with Crippen molar-refractivity contribution in [2.24, 2.45) is 24.8 Å². The lowest BCUT2D eigenvalue weighted by Gasteiger charge is -2.47. The van der Waals surface area contributed by atoms with Crippen LogP contribution >= 0.6 is 0 Å². The fourth-order valence-electron chi connectivity index (χ4n) is 7.52. The number of likely N-dealkylation sites (tertiary alicyclic amines) is 1. The highest BCUT2D eigenvalue weighted by Crippen LogP contribution is 2.50. The molecule has 2 saturated heterocycles. The van der Waals surface area contributed by atoms with Crippen molar-refractivity contribution < 1.29 is 12.8 Å². The molecule has 0 unspecified atom stereocenters. The van der Waals surface area contributed by atoms with E-state index in [9.17, 15) is 18.1 Å². The minimum Gasteiger partial charge on any atom is -0.371 e. The molecule has 6 rings (SSSR count). The summed E-state index contributed by atoms with van der Waals surface area (Å²) in [4.78, 5) is 5.30. The van der Waals surface area contributed by atoms with E-state index in [2.05, 4.69) is 21.0 Å². The van der Waals surface area contributed by atoms with Crippen LogP contribution in [0.3, 0.4) is 0 Å². The molecular weight excluding hydrogens is 537 g/mol. The molecule has 41 heavy (non-hydrogen) atoms. The van der Waals surface area contributed by atoms with Crippen LogP contribution in [0.2, 0.25) is 0 Å². The Morgan fingerprint density at radius 3 is 2.29 bits per heavy atom. The van der Waals surface area contributed by atoms with Gasteiger partial charge in [-0.2, -0.15) is 10.4 Å². The van der Waals surface area contributed by atoms with E-state index in [1.807, 2.05) is 18.2 Å². The number of aromatic nitrogens is 2. The van der Waals surface area contributed by atoms with Crippen LogP contribution in [0.4, 0.5) is 10.1 Å². The van der Waals surface area contributed by atoms with E-state index in [4.69, 9.17) is 0 Å². The van der Waals surface area contributed by atoms with Crippen molar-refractivity contribution in [1.29, 1.82) is 5.26 Å². The van der Waals surface area contributed by atoms with Gasteiger partial charge in [0.25, 0.3) is 0 Å². The zero-order chi connectivity index (χ0) is 28.6. The number of aryl methyl sites for hydroxylation is 1. The van der Waals surface area contributed by atoms with Crippen molar-refractivity contribution in [2.45, 2.75) is 53.7 Å². The Hall–Kier alpha value is -3.22. The van der Waals surface area contributed by atoms with Crippen LogP contribution in [0.15, 0.2) is 70.7 Å². The van der Waals surface area contributed by atoms with E-state index in [-0.39, 0.29) is 21.5 Å². The summed E-state index contributed by atoms with van der Waals surface area (Å²) in [6.07, 6.45) is 9.24. The van der Waals surface area contributed by atoms with E-state index in [0.29, 0.717) is 11.8 Å². The lowest BCUT2D eigenvalue weighted by atomic mass is 9.60. The monoisotopic (exact) mass is 575 g/mol. The predicted molar refractivity (Wildman–Crippen MR) is 156 cm³/mol. The van der Waals surface area contributed by atoms with Gasteiger partial charge in [-0.15, -0.1) is 0 Å². The molecule has 3 heterocycles. The molecule has 3 fully saturated rings. The Morgan fingerprint density at radius 1 is 1.00 bits per heavy atom. The third kappa shape index (κ3) is 5.28. The van der Waals surface area contributed by atoms with Crippen LogP contribution in [0, 0.1) is 34.9 Å². The second-order valence-corrected chi connectivity index (χ2v) is 14.1. The molecule has 0 spiro atoms. The molecule has 1 saturated carbocycles. The zero-order valence-electron chi connectivity index (χ0n) is 23.6. The smallest absolute Gasteiger partial charge is 0.209 e. The molecule has 0 radical (unpaired) electrons. The largest absolute Gasteiger partial charge is 0.371 e. The maximum absolute atomic E-state index is 14.3. The maximum atomic E-state index is 14.3. The average molecular weight is 576 g/mol. The SMILES string of the molecule is Cn1cc(S(=O)(=O)c2ccc(N3CC(CN4CCC([C@@](C#N)(c5cccc(F)c5)C5CCCC5)CC4)C3)cc2)cn1. The molecular formula is C32H38FN5O2S. The minimum atomic E-state index is -3.57. The van der Waals surface area contributed by atoms with Crippen molar-refractivity contribution in [3.8, 4) is 6.07 Å². The van der Waals surface area contributed by atoms with Gasteiger partial charge >= 0.3 is 0 Å². The van der Waals surface area contributed by atoms with Crippen LogP contribution < -0.4 is 4.90 Å². The minimum absolute atomic E-state index is 0.201. The molecule has 7 nitrogen and oxygen atoms in total. The first-order chi connectivity index (χ1) is 19.8. The van der Waals surface area contributed by atoms with Crippen molar-refractivity contribution in [2.75, 3.05) is 37.6 Å². The number of hydrogen-bond acceptors (Lipinski definition) is 6. The molecule has 3 aromatic rings. The summed E-state index contributed by atoms with van der Waals surface area (Å²) in [7, 11) is -1.87. The number of sulfone groups is 1. The Balaban J connectivity index is 1.04. The third-order valence-corrected chi connectivity index (χ3v) is 11.4.